The number of anilines is 2. The van der Waals surface area contributed by atoms with E-state index in [-0.39, 0.29) is 0 Å². The summed E-state index contributed by atoms with van der Waals surface area (Å²) in [6.45, 7) is 0.743. The van der Waals surface area contributed by atoms with E-state index in [0.717, 1.165) is 24.0 Å². The van der Waals surface area contributed by atoms with E-state index in [1.54, 1.807) is 12.4 Å². The standard InChI is InChI=1S/C14H17N5/c1-15-12-8-13(19-14(18-12)11-2-3-11)17-9-10-4-6-16-7-5-10/h4-8,11H,2-3,9H2,1H3,(H2,15,17,18,19). The molecule has 5 heteroatoms. The van der Waals surface area contributed by atoms with E-state index >= 15 is 0 Å². The largest absolute Gasteiger partial charge is 0.373 e. The molecule has 0 aromatic carbocycles. The van der Waals surface area contributed by atoms with Crippen molar-refractivity contribution in [1.82, 2.24) is 15.0 Å². The second kappa shape index (κ2) is 5.22. The predicted octanol–water partition coefficient (Wildman–Crippen LogP) is 2.40. The molecule has 0 atom stereocenters. The average molecular weight is 255 g/mol. The Hall–Kier alpha value is -2.17. The fourth-order valence-corrected chi connectivity index (χ4v) is 1.90. The Bertz CT molecular complexity index is 551. The van der Waals surface area contributed by atoms with Gasteiger partial charge in [0.15, 0.2) is 0 Å². The molecule has 19 heavy (non-hydrogen) atoms. The van der Waals surface area contributed by atoms with Gasteiger partial charge in [0.1, 0.15) is 17.5 Å². The molecular formula is C14H17N5. The summed E-state index contributed by atoms with van der Waals surface area (Å²) in [5.41, 5.74) is 1.19. The third kappa shape index (κ3) is 2.99. The second-order valence-electron chi connectivity index (χ2n) is 4.73. The zero-order valence-corrected chi connectivity index (χ0v) is 10.9. The zero-order valence-electron chi connectivity index (χ0n) is 10.9. The number of rotatable bonds is 5. The van der Waals surface area contributed by atoms with Gasteiger partial charge in [-0.2, -0.15) is 0 Å². The van der Waals surface area contributed by atoms with Crippen molar-refractivity contribution in [2.45, 2.75) is 25.3 Å². The highest BCUT2D eigenvalue weighted by Crippen LogP contribution is 2.38. The third-order valence-corrected chi connectivity index (χ3v) is 3.17. The third-order valence-electron chi connectivity index (χ3n) is 3.17. The van der Waals surface area contributed by atoms with Crippen LogP contribution in [0.1, 0.15) is 30.1 Å². The molecule has 98 valence electrons. The molecule has 0 aliphatic heterocycles. The molecule has 2 aromatic heterocycles. The fraction of sp³-hybridized carbons (Fsp3) is 0.357. The summed E-state index contributed by atoms with van der Waals surface area (Å²) in [6, 6.07) is 5.93. The first kappa shape index (κ1) is 11.9. The predicted molar refractivity (Wildman–Crippen MR) is 75.1 cm³/mol. The quantitative estimate of drug-likeness (QED) is 0.859. The number of nitrogens with zero attached hydrogens (tertiary/aromatic N) is 3. The monoisotopic (exact) mass is 255 g/mol. The first-order valence-corrected chi connectivity index (χ1v) is 6.54. The van der Waals surface area contributed by atoms with Crippen LogP contribution >= 0.6 is 0 Å². The molecule has 0 unspecified atom stereocenters. The van der Waals surface area contributed by atoms with Crippen LogP contribution in [-0.2, 0) is 6.54 Å². The maximum absolute atomic E-state index is 4.58. The van der Waals surface area contributed by atoms with Crippen molar-refractivity contribution >= 4 is 11.6 Å². The van der Waals surface area contributed by atoms with Crippen molar-refractivity contribution in [1.29, 1.82) is 0 Å². The highest BCUT2D eigenvalue weighted by Gasteiger charge is 2.27. The van der Waals surface area contributed by atoms with Crippen LogP contribution in [0, 0.1) is 0 Å². The minimum atomic E-state index is 0.551. The molecule has 1 aliphatic carbocycles. The van der Waals surface area contributed by atoms with Crippen LogP contribution in [0.2, 0.25) is 0 Å². The van der Waals surface area contributed by atoms with Crippen LogP contribution in [-0.4, -0.2) is 22.0 Å². The van der Waals surface area contributed by atoms with Crippen molar-refractivity contribution in [3.8, 4) is 0 Å². The summed E-state index contributed by atoms with van der Waals surface area (Å²) in [5.74, 6) is 3.24. The van der Waals surface area contributed by atoms with Crippen LogP contribution < -0.4 is 10.6 Å². The van der Waals surface area contributed by atoms with Gasteiger partial charge in [-0.05, 0) is 30.5 Å². The Morgan fingerprint density at radius 2 is 1.89 bits per heavy atom. The summed E-state index contributed by atoms with van der Waals surface area (Å²) in [6.07, 6.45) is 6.01. The Morgan fingerprint density at radius 3 is 2.58 bits per heavy atom. The summed E-state index contributed by atoms with van der Waals surface area (Å²) >= 11 is 0. The molecule has 0 spiro atoms. The normalized spacial score (nSPS) is 14.2. The van der Waals surface area contributed by atoms with E-state index in [1.165, 1.54) is 18.4 Å². The lowest BCUT2D eigenvalue weighted by Crippen LogP contribution is -2.06. The first-order valence-electron chi connectivity index (χ1n) is 6.54. The highest BCUT2D eigenvalue weighted by molar-refractivity contribution is 5.48. The summed E-state index contributed by atoms with van der Waals surface area (Å²) in [7, 11) is 1.88. The average Bonchev–Trinajstić information content (AvgIpc) is 3.30. The number of hydrogen-bond acceptors (Lipinski definition) is 5. The van der Waals surface area contributed by atoms with Crippen LogP contribution in [0.15, 0.2) is 30.6 Å². The van der Waals surface area contributed by atoms with Crippen molar-refractivity contribution in [2.24, 2.45) is 0 Å². The number of hydrogen-bond donors (Lipinski definition) is 2. The number of pyridine rings is 1. The van der Waals surface area contributed by atoms with Gasteiger partial charge in [-0.25, -0.2) is 9.97 Å². The number of nitrogens with one attached hydrogen (secondary N) is 2. The van der Waals surface area contributed by atoms with Gasteiger partial charge in [-0.1, -0.05) is 0 Å². The van der Waals surface area contributed by atoms with Gasteiger partial charge in [0.05, 0.1) is 0 Å². The van der Waals surface area contributed by atoms with Gasteiger partial charge in [0.2, 0.25) is 0 Å². The smallest absolute Gasteiger partial charge is 0.136 e. The van der Waals surface area contributed by atoms with Crippen LogP contribution in [0.5, 0.6) is 0 Å². The summed E-state index contributed by atoms with van der Waals surface area (Å²) in [5, 5.41) is 6.43. The summed E-state index contributed by atoms with van der Waals surface area (Å²) < 4.78 is 0. The van der Waals surface area contributed by atoms with Gasteiger partial charge in [-0.3, -0.25) is 4.98 Å². The molecule has 1 fully saturated rings. The lowest BCUT2D eigenvalue weighted by atomic mass is 10.3. The van der Waals surface area contributed by atoms with E-state index < -0.39 is 0 Å². The van der Waals surface area contributed by atoms with E-state index in [4.69, 9.17) is 0 Å². The molecule has 1 aliphatic rings. The molecule has 0 radical (unpaired) electrons. The minimum absolute atomic E-state index is 0.551. The Morgan fingerprint density at radius 1 is 1.16 bits per heavy atom. The van der Waals surface area contributed by atoms with E-state index in [2.05, 4.69) is 25.6 Å². The van der Waals surface area contributed by atoms with E-state index in [1.807, 2.05) is 25.2 Å². The topological polar surface area (TPSA) is 62.7 Å². The molecule has 5 nitrogen and oxygen atoms in total. The molecule has 1 saturated carbocycles. The fourth-order valence-electron chi connectivity index (χ4n) is 1.90. The molecule has 2 N–H and O–H groups in total. The van der Waals surface area contributed by atoms with Crippen molar-refractivity contribution in [3.63, 3.8) is 0 Å². The lowest BCUT2D eigenvalue weighted by Gasteiger charge is -2.09. The maximum atomic E-state index is 4.58. The van der Waals surface area contributed by atoms with Gasteiger partial charge < -0.3 is 10.6 Å². The zero-order chi connectivity index (χ0) is 13.1. The van der Waals surface area contributed by atoms with Gasteiger partial charge in [-0.15, -0.1) is 0 Å². The van der Waals surface area contributed by atoms with Crippen LogP contribution in [0.25, 0.3) is 0 Å². The minimum Gasteiger partial charge on any atom is -0.373 e. The molecule has 2 aromatic rings. The van der Waals surface area contributed by atoms with E-state index in [0.29, 0.717) is 5.92 Å². The maximum Gasteiger partial charge on any atom is 0.136 e. The SMILES string of the molecule is CNc1cc(NCc2ccncc2)nc(C2CC2)n1. The lowest BCUT2D eigenvalue weighted by molar-refractivity contribution is 0.922. The van der Waals surface area contributed by atoms with Gasteiger partial charge in [0, 0.05) is 38.0 Å². The Balaban J connectivity index is 1.74. The highest BCUT2D eigenvalue weighted by atomic mass is 15.1. The van der Waals surface area contributed by atoms with Crippen LogP contribution in [0.4, 0.5) is 11.6 Å². The van der Waals surface area contributed by atoms with Crippen molar-refractivity contribution in [2.75, 3.05) is 17.7 Å². The molecule has 0 bridgehead atoms. The summed E-state index contributed by atoms with van der Waals surface area (Å²) in [4.78, 5) is 13.1. The first-order chi connectivity index (χ1) is 9.35. The second-order valence-corrected chi connectivity index (χ2v) is 4.73. The van der Waals surface area contributed by atoms with Crippen molar-refractivity contribution in [3.05, 3.63) is 42.0 Å². The van der Waals surface area contributed by atoms with E-state index in [9.17, 15) is 0 Å². The van der Waals surface area contributed by atoms with Crippen LogP contribution in [0.3, 0.4) is 0 Å². The molecule has 0 saturated heterocycles. The molecule has 2 heterocycles. The Kier molecular flexibility index (Phi) is 3.27. The molecule has 3 rings (SSSR count). The van der Waals surface area contributed by atoms with Crippen molar-refractivity contribution < 1.29 is 0 Å². The molecule has 0 amide bonds. The van der Waals surface area contributed by atoms with Gasteiger partial charge in [0.25, 0.3) is 0 Å². The van der Waals surface area contributed by atoms with Gasteiger partial charge >= 0.3 is 0 Å². The Labute approximate surface area is 112 Å². The number of aromatic nitrogens is 3. The molecular weight excluding hydrogens is 238 g/mol.